The molecule has 0 bridgehead atoms. The molecule has 0 aliphatic carbocycles. The molecule has 0 heterocycles. The zero-order valence-corrected chi connectivity index (χ0v) is 14.5. The lowest BCUT2D eigenvalue weighted by Gasteiger charge is -2.08. The Labute approximate surface area is 144 Å². The summed E-state index contributed by atoms with van der Waals surface area (Å²) in [5.41, 5.74) is 0.821. The van der Waals surface area contributed by atoms with Crippen LogP contribution in [0.2, 0.25) is 0 Å². The number of carbonyl (C=O) groups excluding carboxylic acids is 1. The van der Waals surface area contributed by atoms with Crippen molar-refractivity contribution in [3.63, 3.8) is 0 Å². The third-order valence-electron chi connectivity index (χ3n) is 3.00. The average molecular weight is 411 g/mol. The summed E-state index contributed by atoms with van der Waals surface area (Å²) in [6, 6.07) is 15.1. The highest BCUT2D eigenvalue weighted by Crippen LogP contribution is 2.17. The first-order valence-corrected chi connectivity index (χ1v) is 8.07. The number of amides is 1. The highest BCUT2D eigenvalue weighted by molar-refractivity contribution is 14.1. The Bertz CT molecular complexity index is 596. The summed E-state index contributed by atoms with van der Waals surface area (Å²) in [4.78, 5) is 11.8. The van der Waals surface area contributed by atoms with Crippen LogP contribution in [0.25, 0.3) is 0 Å². The first-order valence-electron chi connectivity index (χ1n) is 6.99. The van der Waals surface area contributed by atoms with Crippen LogP contribution in [-0.4, -0.2) is 19.6 Å². The van der Waals surface area contributed by atoms with Gasteiger partial charge in [-0.25, -0.2) is 0 Å². The van der Waals surface area contributed by atoms with E-state index < -0.39 is 0 Å². The summed E-state index contributed by atoms with van der Waals surface area (Å²) in [6.07, 6.45) is 1.10. The quantitative estimate of drug-likeness (QED) is 0.552. The van der Waals surface area contributed by atoms with Crippen molar-refractivity contribution in [1.82, 2.24) is 0 Å². The zero-order chi connectivity index (χ0) is 15.8. The first-order chi connectivity index (χ1) is 10.7. The number of rotatable bonds is 7. The second-order valence-corrected chi connectivity index (χ2v) is 5.93. The molecule has 116 valence electrons. The molecule has 0 saturated carbocycles. The number of ether oxygens (including phenoxy) is 2. The predicted molar refractivity (Wildman–Crippen MR) is 95.5 cm³/mol. The summed E-state index contributed by atoms with van der Waals surface area (Å²) >= 11 is 2.23. The van der Waals surface area contributed by atoms with Crippen LogP contribution >= 0.6 is 22.6 Å². The van der Waals surface area contributed by atoms with Crippen molar-refractivity contribution < 1.29 is 14.3 Å². The summed E-state index contributed by atoms with van der Waals surface area (Å²) in [7, 11) is 1.63. The van der Waals surface area contributed by atoms with Crippen LogP contribution in [0.15, 0.2) is 48.5 Å². The lowest BCUT2D eigenvalue weighted by Crippen LogP contribution is -2.12. The topological polar surface area (TPSA) is 47.6 Å². The molecule has 0 aliphatic rings. The second kappa shape index (κ2) is 8.63. The maximum atomic E-state index is 11.8. The van der Waals surface area contributed by atoms with E-state index in [4.69, 9.17) is 9.47 Å². The van der Waals surface area contributed by atoms with E-state index in [9.17, 15) is 4.79 Å². The molecule has 2 aromatic rings. The van der Waals surface area contributed by atoms with Crippen molar-refractivity contribution in [2.45, 2.75) is 12.8 Å². The van der Waals surface area contributed by atoms with Crippen LogP contribution in [0, 0.1) is 3.57 Å². The van der Waals surface area contributed by atoms with Gasteiger partial charge in [-0.2, -0.15) is 0 Å². The molecular formula is C17H18INO3. The third-order valence-corrected chi connectivity index (χ3v) is 3.72. The van der Waals surface area contributed by atoms with Gasteiger partial charge in [0.2, 0.25) is 5.91 Å². The van der Waals surface area contributed by atoms with Gasteiger partial charge in [-0.3, -0.25) is 4.79 Å². The Hall–Kier alpha value is -1.76. The highest BCUT2D eigenvalue weighted by Gasteiger charge is 2.03. The fourth-order valence-corrected chi connectivity index (χ4v) is 2.21. The Morgan fingerprint density at radius 1 is 1.05 bits per heavy atom. The molecule has 1 amide bonds. The van der Waals surface area contributed by atoms with Crippen LogP contribution in [-0.2, 0) is 4.79 Å². The maximum absolute atomic E-state index is 11.8. The number of methoxy groups -OCH3 is 1. The van der Waals surface area contributed by atoms with Gasteiger partial charge in [0.1, 0.15) is 11.5 Å². The Morgan fingerprint density at radius 2 is 1.68 bits per heavy atom. The fraction of sp³-hybridized carbons (Fsp3) is 0.235. The van der Waals surface area contributed by atoms with E-state index in [0.717, 1.165) is 20.8 Å². The number of hydrogen-bond donors (Lipinski definition) is 1. The monoisotopic (exact) mass is 411 g/mol. The van der Waals surface area contributed by atoms with Crippen LogP contribution < -0.4 is 14.8 Å². The van der Waals surface area contributed by atoms with Crippen molar-refractivity contribution in [2.24, 2.45) is 0 Å². The summed E-state index contributed by atoms with van der Waals surface area (Å²) in [5, 5.41) is 2.87. The Kier molecular flexibility index (Phi) is 6.51. The number of benzene rings is 2. The minimum atomic E-state index is -0.000427. The van der Waals surface area contributed by atoms with E-state index in [1.54, 1.807) is 7.11 Å². The molecule has 4 nitrogen and oxygen atoms in total. The van der Waals surface area contributed by atoms with Crippen LogP contribution in [0.1, 0.15) is 12.8 Å². The molecule has 1 N–H and O–H groups in total. The average Bonchev–Trinajstić information content (AvgIpc) is 2.54. The molecule has 2 aromatic carbocycles. The maximum Gasteiger partial charge on any atom is 0.224 e. The van der Waals surface area contributed by atoms with Crippen LogP contribution in [0.4, 0.5) is 5.69 Å². The summed E-state index contributed by atoms with van der Waals surface area (Å²) in [6.45, 7) is 0.506. The van der Waals surface area contributed by atoms with Crippen molar-refractivity contribution in [3.05, 3.63) is 52.1 Å². The largest absolute Gasteiger partial charge is 0.497 e. The summed E-state index contributed by atoms with van der Waals surface area (Å²) in [5.74, 6) is 1.57. The molecule has 22 heavy (non-hydrogen) atoms. The van der Waals surface area contributed by atoms with Gasteiger partial charge in [0.25, 0.3) is 0 Å². The van der Waals surface area contributed by atoms with Gasteiger partial charge < -0.3 is 14.8 Å². The molecule has 0 saturated heterocycles. The van der Waals surface area contributed by atoms with E-state index >= 15 is 0 Å². The van der Waals surface area contributed by atoms with Gasteiger partial charge in [0, 0.05) is 15.7 Å². The standard InChI is InChI=1S/C17H18INO3/c1-21-15-8-10-16(11-9-15)22-12-2-3-17(20)19-14-6-4-13(18)5-7-14/h4-11H,2-3,12H2,1H3,(H,19,20). The van der Waals surface area contributed by atoms with Gasteiger partial charge in [-0.05, 0) is 77.5 Å². The van der Waals surface area contributed by atoms with Crippen LogP contribution in [0.3, 0.4) is 0 Å². The molecule has 0 radical (unpaired) electrons. The van der Waals surface area contributed by atoms with Crippen molar-refractivity contribution >= 4 is 34.2 Å². The van der Waals surface area contributed by atoms with E-state index in [-0.39, 0.29) is 5.91 Å². The molecule has 2 rings (SSSR count). The van der Waals surface area contributed by atoms with E-state index in [1.807, 2.05) is 48.5 Å². The SMILES string of the molecule is COc1ccc(OCCCC(=O)Nc2ccc(I)cc2)cc1. The lowest BCUT2D eigenvalue weighted by atomic mass is 10.2. The van der Waals surface area contributed by atoms with Gasteiger partial charge in [-0.1, -0.05) is 0 Å². The van der Waals surface area contributed by atoms with Gasteiger partial charge in [-0.15, -0.1) is 0 Å². The zero-order valence-electron chi connectivity index (χ0n) is 12.3. The third kappa shape index (κ3) is 5.55. The van der Waals surface area contributed by atoms with E-state index in [2.05, 4.69) is 27.9 Å². The minimum Gasteiger partial charge on any atom is -0.497 e. The van der Waals surface area contributed by atoms with Crippen molar-refractivity contribution in [2.75, 3.05) is 19.0 Å². The van der Waals surface area contributed by atoms with Gasteiger partial charge >= 0.3 is 0 Å². The molecule has 0 fully saturated rings. The number of halogens is 1. The van der Waals surface area contributed by atoms with Gasteiger partial charge in [0.05, 0.1) is 13.7 Å². The number of hydrogen-bond acceptors (Lipinski definition) is 3. The predicted octanol–water partition coefficient (Wildman–Crippen LogP) is 4.10. The summed E-state index contributed by atoms with van der Waals surface area (Å²) < 4.78 is 11.8. The minimum absolute atomic E-state index is 0.000427. The molecule has 0 atom stereocenters. The highest BCUT2D eigenvalue weighted by atomic mass is 127. The van der Waals surface area contributed by atoms with E-state index in [1.165, 1.54) is 0 Å². The molecule has 5 heteroatoms. The first kappa shape index (κ1) is 16.6. The van der Waals surface area contributed by atoms with Crippen LogP contribution in [0.5, 0.6) is 11.5 Å². The molecular weight excluding hydrogens is 393 g/mol. The molecule has 0 aliphatic heterocycles. The van der Waals surface area contributed by atoms with E-state index in [0.29, 0.717) is 19.4 Å². The number of anilines is 1. The Morgan fingerprint density at radius 3 is 2.32 bits per heavy atom. The Balaban J connectivity index is 1.67. The van der Waals surface area contributed by atoms with Crippen molar-refractivity contribution in [1.29, 1.82) is 0 Å². The van der Waals surface area contributed by atoms with Gasteiger partial charge in [0.15, 0.2) is 0 Å². The smallest absolute Gasteiger partial charge is 0.224 e. The molecule has 0 unspecified atom stereocenters. The fourth-order valence-electron chi connectivity index (χ4n) is 1.85. The molecule has 0 spiro atoms. The van der Waals surface area contributed by atoms with Crippen molar-refractivity contribution in [3.8, 4) is 11.5 Å². The lowest BCUT2D eigenvalue weighted by molar-refractivity contribution is -0.116. The second-order valence-electron chi connectivity index (χ2n) is 4.68. The number of carbonyl (C=O) groups is 1. The molecule has 0 aromatic heterocycles. The normalized spacial score (nSPS) is 10.1. The number of nitrogens with one attached hydrogen (secondary N) is 1.